The number of aliphatic hydroxyl groups is 1. The first-order valence-electron chi connectivity index (χ1n) is 5.48. The lowest BCUT2D eigenvalue weighted by molar-refractivity contribution is 0.114. The Morgan fingerprint density at radius 1 is 1.47 bits per heavy atom. The van der Waals surface area contributed by atoms with Gasteiger partial charge in [-0.15, -0.1) is 0 Å². The van der Waals surface area contributed by atoms with Crippen molar-refractivity contribution in [2.45, 2.75) is 18.9 Å². The van der Waals surface area contributed by atoms with Gasteiger partial charge in [-0.2, -0.15) is 0 Å². The number of hydrogen-bond acceptors (Lipinski definition) is 3. The zero-order chi connectivity index (χ0) is 12.0. The summed E-state index contributed by atoms with van der Waals surface area (Å²) in [5.41, 5.74) is 0.899. The number of aromatic nitrogens is 3. The van der Waals surface area contributed by atoms with Crippen LogP contribution in [0.3, 0.4) is 0 Å². The number of rotatable bonds is 2. The highest BCUT2D eigenvalue weighted by molar-refractivity contribution is 14.1. The molecule has 2 aromatic heterocycles. The number of halogens is 2. The summed E-state index contributed by atoms with van der Waals surface area (Å²) in [6.45, 7) is 0.280. The zero-order valence-electron chi connectivity index (χ0n) is 8.98. The van der Waals surface area contributed by atoms with Crippen molar-refractivity contribution < 1.29 is 5.11 Å². The first kappa shape index (κ1) is 11.7. The van der Waals surface area contributed by atoms with E-state index in [0.717, 1.165) is 27.4 Å². The van der Waals surface area contributed by atoms with E-state index in [1.807, 2.05) is 0 Å². The van der Waals surface area contributed by atoms with Crippen LogP contribution >= 0.6 is 34.2 Å². The molecule has 1 N–H and O–H groups in total. The van der Waals surface area contributed by atoms with Gasteiger partial charge in [0.15, 0.2) is 0 Å². The molecule has 1 aliphatic carbocycles. The van der Waals surface area contributed by atoms with Crippen LogP contribution in [0, 0.1) is 9.49 Å². The van der Waals surface area contributed by atoms with E-state index in [9.17, 15) is 0 Å². The summed E-state index contributed by atoms with van der Waals surface area (Å²) in [6, 6.07) is 0.434. The quantitative estimate of drug-likeness (QED) is 0.659. The third-order valence-electron chi connectivity index (χ3n) is 3.38. The SMILES string of the molecule is OC[C@H]1C[C@@H](n2cc(I)c3c(Cl)ncnc32)C1. The molecule has 0 bridgehead atoms. The summed E-state index contributed by atoms with van der Waals surface area (Å²) in [5.74, 6) is 0.437. The molecule has 17 heavy (non-hydrogen) atoms. The molecule has 1 aliphatic rings. The summed E-state index contributed by atoms with van der Waals surface area (Å²) in [7, 11) is 0. The molecule has 0 unspecified atom stereocenters. The predicted molar refractivity (Wildman–Crippen MR) is 74.1 cm³/mol. The van der Waals surface area contributed by atoms with E-state index in [1.54, 1.807) is 0 Å². The van der Waals surface area contributed by atoms with Gasteiger partial charge in [0.1, 0.15) is 17.1 Å². The fourth-order valence-corrected chi connectivity index (χ4v) is 3.55. The van der Waals surface area contributed by atoms with E-state index in [-0.39, 0.29) is 6.61 Å². The number of aliphatic hydroxyl groups excluding tert-OH is 1. The highest BCUT2D eigenvalue weighted by Gasteiger charge is 2.31. The average molecular weight is 364 g/mol. The van der Waals surface area contributed by atoms with Crippen LogP contribution in [0.25, 0.3) is 11.0 Å². The molecule has 2 aromatic rings. The molecule has 0 amide bonds. The first-order chi connectivity index (χ1) is 8.20. The van der Waals surface area contributed by atoms with Gasteiger partial charge < -0.3 is 9.67 Å². The minimum atomic E-state index is 0.280. The Morgan fingerprint density at radius 2 is 2.24 bits per heavy atom. The maximum absolute atomic E-state index is 9.06. The molecular formula is C11H11ClIN3O. The smallest absolute Gasteiger partial charge is 0.146 e. The van der Waals surface area contributed by atoms with Gasteiger partial charge in [-0.05, 0) is 41.4 Å². The van der Waals surface area contributed by atoms with Gasteiger partial charge in [-0.1, -0.05) is 11.6 Å². The van der Waals surface area contributed by atoms with Crippen molar-refractivity contribution in [1.82, 2.24) is 14.5 Å². The minimum Gasteiger partial charge on any atom is -0.396 e. The van der Waals surface area contributed by atoms with E-state index < -0.39 is 0 Å². The summed E-state index contributed by atoms with van der Waals surface area (Å²) in [5, 5.41) is 10.5. The maximum atomic E-state index is 9.06. The lowest BCUT2D eigenvalue weighted by Crippen LogP contribution is -2.28. The topological polar surface area (TPSA) is 50.9 Å². The fourth-order valence-electron chi connectivity index (χ4n) is 2.36. The Labute approximate surface area is 117 Å². The Balaban J connectivity index is 2.04. The maximum Gasteiger partial charge on any atom is 0.146 e. The van der Waals surface area contributed by atoms with Crippen LogP contribution in [0.15, 0.2) is 12.5 Å². The highest BCUT2D eigenvalue weighted by atomic mass is 127. The molecule has 2 heterocycles. The Kier molecular flexibility index (Phi) is 3.00. The van der Waals surface area contributed by atoms with E-state index in [4.69, 9.17) is 16.7 Å². The van der Waals surface area contributed by atoms with Crippen LogP contribution in [-0.2, 0) is 0 Å². The third-order valence-corrected chi connectivity index (χ3v) is 4.48. The van der Waals surface area contributed by atoms with Crippen molar-refractivity contribution in [2.75, 3.05) is 6.61 Å². The van der Waals surface area contributed by atoms with Crippen LogP contribution in [-0.4, -0.2) is 26.2 Å². The zero-order valence-corrected chi connectivity index (χ0v) is 11.9. The number of fused-ring (bicyclic) bond motifs is 1. The van der Waals surface area contributed by atoms with Crippen molar-refractivity contribution in [2.24, 2.45) is 5.92 Å². The van der Waals surface area contributed by atoms with Crippen molar-refractivity contribution in [3.8, 4) is 0 Å². The van der Waals surface area contributed by atoms with Crippen molar-refractivity contribution in [3.05, 3.63) is 21.2 Å². The van der Waals surface area contributed by atoms with Gasteiger partial charge in [0.05, 0.1) is 5.39 Å². The van der Waals surface area contributed by atoms with Gasteiger partial charge in [-0.3, -0.25) is 0 Å². The summed E-state index contributed by atoms with van der Waals surface area (Å²) in [6.07, 6.45) is 5.60. The number of hydrogen-bond donors (Lipinski definition) is 1. The lowest BCUT2D eigenvalue weighted by atomic mass is 9.81. The molecule has 0 saturated heterocycles. The molecule has 90 valence electrons. The second-order valence-corrected chi connectivity index (χ2v) is 5.94. The predicted octanol–water partition coefficient (Wildman–Crippen LogP) is 2.63. The molecule has 0 radical (unpaired) electrons. The second-order valence-electron chi connectivity index (χ2n) is 4.42. The number of nitrogens with zero attached hydrogens (tertiary/aromatic N) is 3. The van der Waals surface area contributed by atoms with Gasteiger partial charge >= 0.3 is 0 Å². The average Bonchev–Trinajstić information content (AvgIpc) is 2.56. The van der Waals surface area contributed by atoms with Crippen LogP contribution in [0.2, 0.25) is 5.15 Å². The Morgan fingerprint density at radius 3 is 2.94 bits per heavy atom. The molecule has 0 aliphatic heterocycles. The third kappa shape index (κ3) is 1.84. The van der Waals surface area contributed by atoms with Crippen molar-refractivity contribution in [3.63, 3.8) is 0 Å². The van der Waals surface area contributed by atoms with Gasteiger partial charge in [0.25, 0.3) is 0 Å². The Bertz CT molecular complexity index is 565. The second kappa shape index (κ2) is 4.37. The molecular weight excluding hydrogens is 352 g/mol. The Hall–Kier alpha value is -0.400. The van der Waals surface area contributed by atoms with E-state index in [0.29, 0.717) is 17.1 Å². The first-order valence-corrected chi connectivity index (χ1v) is 6.93. The van der Waals surface area contributed by atoms with Gasteiger partial charge in [0.2, 0.25) is 0 Å². The fraction of sp³-hybridized carbons (Fsp3) is 0.455. The summed E-state index contributed by atoms with van der Waals surface area (Å²) in [4.78, 5) is 8.33. The molecule has 0 atom stereocenters. The molecule has 1 fully saturated rings. The van der Waals surface area contributed by atoms with Crippen LogP contribution in [0.1, 0.15) is 18.9 Å². The molecule has 0 spiro atoms. The van der Waals surface area contributed by atoms with Gasteiger partial charge in [-0.25, -0.2) is 9.97 Å². The molecule has 4 nitrogen and oxygen atoms in total. The van der Waals surface area contributed by atoms with Gasteiger partial charge in [0, 0.05) is 22.4 Å². The largest absolute Gasteiger partial charge is 0.396 e. The molecule has 1 saturated carbocycles. The van der Waals surface area contributed by atoms with Crippen LogP contribution < -0.4 is 0 Å². The summed E-state index contributed by atoms with van der Waals surface area (Å²) < 4.78 is 3.24. The van der Waals surface area contributed by atoms with Crippen molar-refractivity contribution >= 4 is 45.2 Å². The summed E-state index contributed by atoms with van der Waals surface area (Å²) >= 11 is 8.35. The lowest BCUT2D eigenvalue weighted by Gasteiger charge is -2.35. The van der Waals surface area contributed by atoms with Crippen LogP contribution in [0.5, 0.6) is 0 Å². The normalized spacial score (nSPS) is 23.9. The van der Waals surface area contributed by atoms with E-state index >= 15 is 0 Å². The van der Waals surface area contributed by atoms with Crippen LogP contribution in [0.4, 0.5) is 0 Å². The molecule has 3 rings (SSSR count). The van der Waals surface area contributed by atoms with Crippen molar-refractivity contribution in [1.29, 1.82) is 0 Å². The molecule has 0 aromatic carbocycles. The minimum absolute atomic E-state index is 0.280. The molecule has 6 heteroatoms. The highest BCUT2D eigenvalue weighted by Crippen LogP contribution is 2.40. The standard InChI is InChI=1S/C11H11ClIN3O/c12-10-9-8(13)3-16(11(9)15-5-14-10)7-1-6(2-7)4-17/h3,5-7,17H,1-2,4H2/t6-,7+. The monoisotopic (exact) mass is 363 g/mol. The van der Waals surface area contributed by atoms with E-state index in [1.165, 1.54) is 6.33 Å². The van der Waals surface area contributed by atoms with E-state index in [2.05, 4.69) is 43.3 Å².